The largest absolute Gasteiger partial charge is 0.396 e. The second kappa shape index (κ2) is 10.7. The molecule has 1 aliphatic rings. The molecule has 0 aliphatic carbocycles. The number of hydrogen-bond acceptors (Lipinski definition) is 2. The van der Waals surface area contributed by atoms with Gasteiger partial charge in [-0.3, -0.25) is 4.99 Å². The third-order valence-corrected chi connectivity index (χ3v) is 3.85. The Labute approximate surface area is 134 Å². The number of guanidine groups is 1. The topological polar surface area (TPSA) is 61.9 Å². The first-order valence-corrected chi connectivity index (χ1v) is 7.33. The Morgan fingerprint density at radius 3 is 2.53 bits per heavy atom. The van der Waals surface area contributed by atoms with Gasteiger partial charge in [0.15, 0.2) is 5.96 Å². The van der Waals surface area contributed by atoms with Crippen LogP contribution in [0.1, 0.15) is 46.0 Å². The quantitative estimate of drug-likeness (QED) is 0.421. The Balaban J connectivity index is 0.00000324. The molecule has 0 saturated carbocycles. The second-order valence-corrected chi connectivity index (χ2v) is 5.54. The summed E-state index contributed by atoms with van der Waals surface area (Å²) in [6.45, 7) is 7.55. The number of nitrogens with zero attached hydrogens (tertiary/aromatic N) is 2. The molecule has 1 aliphatic heterocycles. The van der Waals surface area contributed by atoms with Gasteiger partial charge in [0.05, 0.1) is 0 Å². The molecule has 4 nitrogen and oxygen atoms in total. The molecular formula is C14H30IN3O. The number of likely N-dealkylation sites (tertiary alicyclic amines) is 1. The van der Waals surface area contributed by atoms with E-state index in [1.54, 1.807) is 0 Å². The predicted molar refractivity (Wildman–Crippen MR) is 92.0 cm³/mol. The minimum Gasteiger partial charge on any atom is -0.396 e. The van der Waals surface area contributed by atoms with Gasteiger partial charge in [-0.15, -0.1) is 24.0 Å². The molecule has 0 aromatic rings. The number of rotatable bonds is 6. The van der Waals surface area contributed by atoms with Crippen molar-refractivity contribution < 1.29 is 5.11 Å². The van der Waals surface area contributed by atoms with Crippen LogP contribution in [0.4, 0.5) is 0 Å². The van der Waals surface area contributed by atoms with E-state index < -0.39 is 0 Å². The summed E-state index contributed by atoms with van der Waals surface area (Å²) in [6.07, 6.45) is 5.52. The lowest BCUT2D eigenvalue weighted by molar-refractivity contribution is 0.252. The van der Waals surface area contributed by atoms with E-state index in [1.165, 1.54) is 12.8 Å². The molecule has 1 heterocycles. The summed E-state index contributed by atoms with van der Waals surface area (Å²) in [4.78, 5) is 6.72. The number of hydrogen-bond donors (Lipinski definition) is 2. The zero-order valence-electron chi connectivity index (χ0n) is 12.3. The van der Waals surface area contributed by atoms with Crippen LogP contribution in [-0.4, -0.2) is 42.2 Å². The molecule has 19 heavy (non-hydrogen) atoms. The van der Waals surface area contributed by atoms with E-state index in [1.807, 2.05) is 0 Å². The van der Waals surface area contributed by atoms with Crippen molar-refractivity contribution in [1.82, 2.24) is 4.90 Å². The lowest BCUT2D eigenvalue weighted by Gasteiger charge is -2.31. The number of aliphatic hydroxyl groups excluding tert-OH is 1. The third kappa shape index (κ3) is 7.34. The van der Waals surface area contributed by atoms with Crippen molar-refractivity contribution in [2.45, 2.75) is 46.0 Å². The summed E-state index contributed by atoms with van der Waals surface area (Å²) in [7, 11) is 0. The number of aliphatic hydroxyl groups is 1. The van der Waals surface area contributed by atoms with Crippen LogP contribution in [0.25, 0.3) is 0 Å². The van der Waals surface area contributed by atoms with Crippen LogP contribution in [-0.2, 0) is 0 Å². The van der Waals surface area contributed by atoms with Crippen LogP contribution < -0.4 is 5.73 Å². The van der Waals surface area contributed by atoms with Gasteiger partial charge in [0.2, 0.25) is 0 Å². The van der Waals surface area contributed by atoms with Crippen molar-refractivity contribution in [2.24, 2.45) is 22.6 Å². The fraction of sp³-hybridized carbons (Fsp3) is 0.929. The van der Waals surface area contributed by atoms with Crippen molar-refractivity contribution in [3.05, 3.63) is 0 Å². The van der Waals surface area contributed by atoms with Crippen molar-refractivity contribution in [3.8, 4) is 0 Å². The molecule has 1 rings (SSSR count). The molecular weight excluding hydrogens is 353 g/mol. The number of nitrogens with two attached hydrogens (primary N) is 1. The number of aliphatic imine (C=N–C) groups is 1. The summed E-state index contributed by atoms with van der Waals surface area (Å²) in [6, 6.07) is 0. The van der Waals surface area contributed by atoms with Crippen LogP contribution in [0.15, 0.2) is 4.99 Å². The van der Waals surface area contributed by atoms with Crippen LogP contribution in [0.5, 0.6) is 0 Å². The summed E-state index contributed by atoms with van der Waals surface area (Å²) in [5.74, 6) is 1.99. The van der Waals surface area contributed by atoms with Gasteiger partial charge in [-0.1, -0.05) is 20.3 Å². The molecule has 114 valence electrons. The highest BCUT2D eigenvalue weighted by atomic mass is 127. The van der Waals surface area contributed by atoms with Gasteiger partial charge >= 0.3 is 0 Å². The monoisotopic (exact) mass is 383 g/mol. The van der Waals surface area contributed by atoms with Crippen molar-refractivity contribution >= 4 is 29.9 Å². The van der Waals surface area contributed by atoms with Gasteiger partial charge in [0.25, 0.3) is 0 Å². The fourth-order valence-corrected chi connectivity index (χ4v) is 2.48. The van der Waals surface area contributed by atoms with Gasteiger partial charge < -0.3 is 15.7 Å². The minimum absolute atomic E-state index is 0. The average molecular weight is 383 g/mol. The zero-order chi connectivity index (χ0) is 13.4. The van der Waals surface area contributed by atoms with E-state index in [4.69, 9.17) is 10.8 Å². The molecule has 0 bridgehead atoms. The molecule has 5 heteroatoms. The maximum Gasteiger partial charge on any atom is 0.191 e. The van der Waals surface area contributed by atoms with Crippen LogP contribution in [0, 0.1) is 11.8 Å². The summed E-state index contributed by atoms with van der Waals surface area (Å²) < 4.78 is 0. The van der Waals surface area contributed by atoms with Gasteiger partial charge in [-0.05, 0) is 37.5 Å². The molecule has 3 N–H and O–H groups in total. The molecule has 0 aromatic heterocycles. The maximum atomic E-state index is 9.02. The molecule has 1 fully saturated rings. The number of piperidine rings is 1. The highest BCUT2D eigenvalue weighted by Gasteiger charge is 2.17. The summed E-state index contributed by atoms with van der Waals surface area (Å²) >= 11 is 0. The normalized spacial score (nSPS) is 19.1. The van der Waals surface area contributed by atoms with Crippen LogP contribution in [0.3, 0.4) is 0 Å². The standard InChI is InChI=1S/C14H29N3O.HI/c1-3-4-13(7-10-18)11-16-14(15)17-8-5-12(2)6-9-17;/h12-13,18H,3-11H2,1-2H3,(H2,15,16);1H. The van der Waals surface area contributed by atoms with E-state index in [9.17, 15) is 0 Å². The number of halogens is 1. The van der Waals surface area contributed by atoms with E-state index in [0.717, 1.165) is 44.8 Å². The lowest BCUT2D eigenvalue weighted by atomic mass is 9.99. The third-order valence-electron chi connectivity index (χ3n) is 3.85. The predicted octanol–water partition coefficient (Wildman–Crippen LogP) is 2.45. The van der Waals surface area contributed by atoms with E-state index in [0.29, 0.717) is 11.9 Å². The highest BCUT2D eigenvalue weighted by molar-refractivity contribution is 14.0. The van der Waals surface area contributed by atoms with Crippen molar-refractivity contribution in [1.29, 1.82) is 0 Å². The molecule has 0 aromatic carbocycles. The molecule has 0 radical (unpaired) electrons. The first-order chi connectivity index (χ1) is 8.67. The summed E-state index contributed by atoms with van der Waals surface area (Å²) in [5.41, 5.74) is 6.05. The van der Waals surface area contributed by atoms with Crippen molar-refractivity contribution in [3.63, 3.8) is 0 Å². The lowest BCUT2D eigenvalue weighted by Crippen LogP contribution is -2.42. The van der Waals surface area contributed by atoms with E-state index in [-0.39, 0.29) is 30.6 Å². The molecule has 1 atom stereocenters. The smallest absolute Gasteiger partial charge is 0.191 e. The Kier molecular flexibility index (Phi) is 10.7. The van der Waals surface area contributed by atoms with Crippen molar-refractivity contribution in [2.75, 3.05) is 26.2 Å². The second-order valence-electron chi connectivity index (χ2n) is 5.54. The Hall–Kier alpha value is -0.0400. The first kappa shape index (κ1) is 19.0. The Bertz CT molecular complexity index is 247. The van der Waals surface area contributed by atoms with E-state index >= 15 is 0 Å². The molecule has 0 spiro atoms. The average Bonchev–Trinajstić information content (AvgIpc) is 2.37. The van der Waals surface area contributed by atoms with E-state index in [2.05, 4.69) is 23.7 Å². The SMILES string of the molecule is CCCC(CCO)CN=C(N)N1CCC(C)CC1.I. The highest BCUT2D eigenvalue weighted by Crippen LogP contribution is 2.16. The van der Waals surface area contributed by atoms with Crippen LogP contribution >= 0.6 is 24.0 Å². The van der Waals surface area contributed by atoms with Gasteiger partial charge in [0, 0.05) is 26.2 Å². The molecule has 0 amide bonds. The fourth-order valence-electron chi connectivity index (χ4n) is 2.48. The maximum absolute atomic E-state index is 9.02. The van der Waals surface area contributed by atoms with Gasteiger partial charge in [0.1, 0.15) is 0 Å². The summed E-state index contributed by atoms with van der Waals surface area (Å²) in [5, 5.41) is 9.02. The minimum atomic E-state index is 0. The molecule has 1 saturated heterocycles. The van der Waals surface area contributed by atoms with Crippen LogP contribution in [0.2, 0.25) is 0 Å². The Morgan fingerprint density at radius 2 is 2.00 bits per heavy atom. The zero-order valence-corrected chi connectivity index (χ0v) is 14.7. The van der Waals surface area contributed by atoms with Gasteiger partial charge in [-0.25, -0.2) is 0 Å². The van der Waals surface area contributed by atoms with Gasteiger partial charge in [-0.2, -0.15) is 0 Å². The molecule has 1 unspecified atom stereocenters. The first-order valence-electron chi connectivity index (χ1n) is 7.33. The Morgan fingerprint density at radius 1 is 1.37 bits per heavy atom.